The smallest absolute Gasteiger partial charge is 0.125 e. The van der Waals surface area contributed by atoms with Crippen LogP contribution in [0.15, 0.2) is 12.4 Å². The van der Waals surface area contributed by atoms with Crippen molar-refractivity contribution in [2.24, 2.45) is 0 Å². The SMILES string of the molecule is Cc1ncc(C#CCCS)cn1. The van der Waals surface area contributed by atoms with Crippen molar-refractivity contribution in [3.05, 3.63) is 23.8 Å². The van der Waals surface area contributed by atoms with E-state index in [-0.39, 0.29) is 0 Å². The average molecular weight is 178 g/mol. The molecule has 1 heterocycles. The van der Waals surface area contributed by atoms with Crippen LogP contribution in [0.3, 0.4) is 0 Å². The van der Waals surface area contributed by atoms with Gasteiger partial charge in [0.05, 0.1) is 5.56 Å². The Morgan fingerprint density at radius 1 is 1.42 bits per heavy atom. The van der Waals surface area contributed by atoms with Gasteiger partial charge in [0.2, 0.25) is 0 Å². The van der Waals surface area contributed by atoms with Crippen LogP contribution in [0, 0.1) is 18.8 Å². The standard InChI is InChI=1S/C9H10N2S/c1-8-10-6-9(7-11-8)4-2-3-5-12/h6-7,12H,3,5H2,1H3. The number of rotatable bonds is 1. The molecule has 0 saturated carbocycles. The van der Waals surface area contributed by atoms with Crippen molar-refractivity contribution in [3.8, 4) is 11.8 Å². The molecule has 0 aliphatic carbocycles. The van der Waals surface area contributed by atoms with E-state index in [1.54, 1.807) is 12.4 Å². The van der Waals surface area contributed by atoms with Crippen LogP contribution in [-0.2, 0) is 0 Å². The molecule has 0 saturated heterocycles. The summed E-state index contributed by atoms with van der Waals surface area (Å²) in [6.07, 6.45) is 4.26. The Hall–Kier alpha value is -1.01. The maximum Gasteiger partial charge on any atom is 0.125 e. The zero-order valence-corrected chi connectivity index (χ0v) is 7.80. The minimum absolute atomic E-state index is 0.773. The largest absolute Gasteiger partial charge is 0.240 e. The molecule has 0 radical (unpaired) electrons. The summed E-state index contributed by atoms with van der Waals surface area (Å²) in [5.74, 6) is 7.48. The summed E-state index contributed by atoms with van der Waals surface area (Å²) in [7, 11) is 0. The maximum absolute atomic E-state index is 4.05. The molecule has 1 aromatic rings. The van der Waals surface area contributed by atoms with Gasteiger partial charge in [-0.1, -0.05) is 11.8 Å². The Kier molecular flexibility index (Phi) is 3.62. The molecule has 0 amide bonds. The van der Waals surface area contributed by atoms with Gasteiger partial charge in [0.25, 0.3) is 0 Å². The van der Waals surface area contributed by atoms with Crippen LogP contribution in [-0.4, -0.2) is 15.7 Å². The molecule has 2 nitrogen and oxygen atoms in total. The van der Waals surface area contributed by atoms with Crippen LogP contribution in [0.5, 0.6) is 0 Å². The van der Waals surface area contributed by atoms with Gasteiger partial charge in [-0.25, -0.2) is 9.97 Å². The van der Waals surface area contributed by atoms with E-state index in [1.807, 2.05) is 6.92 Å². The van der Waals surface area contributed by atoms with Crippen LogP contribution >= 0.6 is 12.6 Å². The van der Waals surface area contributed by atoms with Gasteiger partial charge in [0, 0.05) is 24.6 Å². The second kappa shape index (κ2) is 4.78. The first-order valence-corrected chi connectivity index (χ1v) is 4.34. The zero-order chi connectivity index (χ0) is 8.81. The Morgan fingerprint density at radius 3 is 2.67 bits per heavy atom. The van der Waals surface area contributed by atoms with E-state index in [0.29, 0.717) is 0 Å². The van der Waals surface area contributed by atoms with Crippen LogP contribution in [0.2, 0.25) is 0 Å². The van der Waals surface area contributed by atoms with Crippen molar-refractivity contribution in [3.63, 3.8) is 0 Å². The predicted octanol–water partition coefficient (Wildman–Crippen LogP) is 1.46. The third kappa shape index (κ3) is 2.93. The van der Waals surface area contributed by atoms with Crippen molar-refractivity contribution in [1.82, 2.24) is 9.97 Å². The highest BCUT2D eigenvalue weighted by molar-refractivity contribution is 7.80. The van der Waals surface area contributed by atoms with Gasteiger partial charge in [0.1, 0.15) is 5.82 Å². The number of hydrogen-bond donors (Lipinski definition) is 1. The summed E-state index contributed by atoms with van der Waals surface area (Å²) in [6.45, 7) is 1.85. The topological polar surface area (TPSA) is 25.8 Å². The van der Waals surface area contributed by atoms with Crippen molar-refractivity contribution in [2.45, 2.75) is 13.3 Å². The van der Waals surface area contributed by atoms with Gasteiger partial charge in [-0.3, -0.25) is 0 Å². The lowest BCUT2D eigenvalue weighted by Crippen LogP contribution is -1.86. The average Bonchev–Trinajstić information content (AvgIpc) is 2.09. The predicted molar refractivity (Wildman–Crippen MR) is 52.1 cm³/mol. The molecule has 0 aromatic carbocycles. The number of hydrogen-bond acceptors (Lipinski definition) is 3. The first-order chi connectivity index (χ1) is 5.83. The fourth-order valence-corrected chi connectivity index (χ4v) is 0.789. The van der Waals surface area contributed by atoms with Crippen molar-refractivity contribution < 1.29 is 0 Å². The van der Waals surface area contributed by atoms with E-state index in [1.165, 1.54) is 0 Å². The van der Waals surface area contributed by atoms with E-state index in [2.05, 4.69) is 34.4 Å². The lowest BCUT2D eigenvalue weighted by molar-refractivity contribution is 1.05. The Morgan fingerprint density at radius 2 is 2.08 bits per heavy atom. The lowest BCUT2D eigenvalue weighted by atomic mass is 10.3. The second-order valence-corrected chi connectivity index (χ2v) is 2.74. The summed E-state index contributed by atoms with van der Waals surface area (Å²) in [5.41, 5.74) is 0.863. The monoisotopic (exact) mass is 178 g/mol. The molecule has 0 aliphatic rings. The molecule has 0 spiro atoms. The fourth-order valence-electron chi connectivity index (χ4n) is 0.678. The van der Waals surface area contributed by atoms with Crippen molar-refractivity contribution >= 4 is 12.6 Å². The molecular weight excluding hydrogens is 168 g/mol. The molecule has 0 unspecified atom stereocenters. The minimum Gasteiger partial charge on any atom is -0.240 e. The van der Waals surface area contributed by atoms with Crippen LogP contribution in [0.1, 0.15) is 17.8 Å². The third-order valence-electron chi connectivity index (χ3n) is 1.25. The molecule has 12 heavy (non-hydrogen) atoms. The minimum atomic E-state index is 0.773. The van der Waals surface area contributed by atoms with Crippen LogP contribution < -0.4 is 0 Å². The summed E-state index contributed by atoms with van der Waals surface area (Å²) < 4.78 is 0. The Balaban J connectivity index is 2.66. The first kappa shape index (κ1) is 9.08. The van der Waals surface area contributed by atoms with Gasteiger partial charge in [-0.05, 0) is 6.92 Å². The van der Waals surface area contributed by atoms with Crippen LogP contribution in [0.25, 0.3) is 0 Å². The van der Waals surface area contributed by atoms with Gasteiger partial charge in [-0.15, -0.1) is 0 Å². The molecule has 1 aromatic heterocycles. The van der Waals surface area contributed by atoms with Gasteiger partial charge >= 0.3 is 0 Å². The quantitative estimate of drug-likeness (QED) is 0.520. The Labute approximate surface area is 77.8 Å². The van der Waals surface area contributed by atoms with Crippen LogP contribution in [0.4, 0.5) is 0 Å². The summed E-state index contributed by atoms with van der Waals surface area (Å²) in [4.78, 5) is 8.05. The molecular formula is C9H10N2S. The zero-order valence-electron chi connectivity index (χ0n) is 6.91. The van der Waals surface area contributed by atoms with E-state index in [0.717, 1.165) is 23.6 Å². The summed E-state index contributed by atoms with van der Waals surface area (Å²) in [6, 6.07) is 0. The first-order valence-electron chi connectivity index (χ1n) is 3.71. The third-order valence-corrected chi connectivity index (χ3v) is 1.47. The maximum atomic E-state index is 4.05. The summed E-state index contributed by atoms with van der Waals surface area (Å²) >= 11 is 4.05. The van der Waals surface area contributed by atoms with Gasteiger partial charge in [0.15, 0.2) is 0 Å². The fraction of sp³-hybridized carbons (Fsp3) is 0.333. The Bertz CT molecular complexity index is 295. The number of thiol groups is 1. The highest BCUT2D eigenvalue weighted by Crippen LogP contribution is 1.92. The molecule has 0 N–H and O–H groups in total. The molecule has 0 fully saturated rings. The summed E-state index contributed by atoms with van der Waals surface area (Å²) in [5, 5.41) is 0. The van der Waals surface area contributed by atoms with E-state index in [4.69, 9.17) is 0 Å². The normalized spacial score (nSPS) is 8.83. The number of nitrogens with zero attached hydrogens (tertiary/aromatic N) is 2. The highest BCUT2D eigenvalue weighted by Gasteiger charge is 1.87. The number of aromatic nitrogens is 2. The highest BCUT2D eigenvalue weighted by atomic mass is 32.1. The molecule has 0 aliphatic heterocycles. The molecule has 62 valence electrons. The van der Waals surface area contributed by atoms with Crippen molar-refractivity contribution in [1.29, 1.82) is 0 Å². The molecule has 3 heteroatoms. The number of aryl methyl sites for hydroxylation is 1. The van der Waals surface area contributed by atoms with Gasteiger partial charge < -0.3 is 0 Å². The molecule has 1 rings (SSSR count). The lowest BCUT2D eigenvalue weighted by Gasteiger charge is -1.89. The van der Waals surface area contributed by atoms with Gasteiger partial charge in [-0.2, -0.15) is 12.6 Å². The molecule has 0 bridgehead atoms. The van der Waals surface area contributed by atoms with Crippen molar-refractivity contribution in [2.75, 3.05) is 5.75 Å². The van der Waals surface area contributed by atoms with E-state index in [9.17, 15) is 0 Å². The second-order valence-electron chi connectivity index (χ2n) is 2.29. The molecule has 0 atom stereocenters. The van der Waals surface area contributed by atoms with E-state index < -0.39 is 0 Å². The van der Waals surface area contributed by atoms with E-state index >= 15 is 0 Å².